The van der Waals surface area contributed by atoms with Crippen LogP contribution in [0.3, 0.4) is 0 Å². The molecule has 0 radical (unpaired) electrons. The van der Waals surface area contributed by atoms with Gasteiger partial charge in [-0.1, -0.05) is 32.8 Å². The van der Waals surface area contributed by atoms with Gasteiger partial charge in [0.15, 0.2) is 5.43 Å². The van der Waals surface area contributed by atoms with E-state index in [1.54, 1.807) is 12.1 Å². The summed E-state index contributed by atoms with van der Waals surface area (Å²) in [5, 5.41) is 11.3. The average molecular weight is 529 g/mol. The number of benzene rings is 2. The fraction of sp³-hybridized carbons (Fsp3) is 0.276. The van der Waals surface area contributed by atoms with Gasteiger partial charge in [0.25, 0.3) is 0 Å². The summed E-state index contributed by atoms with van der Waals surface area (Å²) in [7, 11) is -4.93. The Morgan fingerprint density at radius 2 is 1.87 bits per heavy atom. The molecule has 0 saturated heterocycles. The van der Waals surface area contributed by atoms with E-state index >= 15 is 0 Å². The molecule has 1 aliphatic rings. The number of nitrogens with one attached hydrogen (secondary N) is 1. The summed E-state index contributed by atoms with van der Waals surface area (Å²) in [5.74, 6) is -0.00350. The van der Waals surface area contributed by atoms with Crippen molar-refractivity contribution in [3.8, 4) is 17.2 Å². The Morgan fingerprint density at radius 1 is 1.11 bits per heavy atom. The van der Waals surface area contributed by atoms with Crippen molar-refractivity contribution in [1.29, 1.82) is 5.26 Å². The second kappa shape index (κ2) is 8.77. The van der Waals surface area contributed by atoms with E-state index in [1.165, 1.54) is 12.3 Å². The van der Waals surface area contributed by atoms with Crippen LogP contribution < -0.4 is 5.43 Å². The zero-order chi connectivity index (χ0) is 26.8. The lowest BCUT2D eigenvalue weighted by Gasteiger charge is -2.22. The Hall–Kier alpha value is -4.03. The molecule has 1 aliphatic carbocycles. The smallest absolute Gasteiger partial charge is 0.333 e. The number of rotatable bonds is 4. The van der Waals surface area contributed by atoms with Crippen LogP contribution in [0.25, 0.3) is 44.0 Å². The summed E-state index contributed by atoms with van der Waals surface area (Å²) in [6.45, 7) is 3.99. The van der Waals surface area contributed by atoms with Gasteiger partial charge in [-0.3, -0.25) is 9.78 Å². The molecule has 9 heteroatoms. The van der Waals surface area contributed by atoms with E-state index in [4.69, 9.17) is 0 Å². The van der Waals surface area contributed by atoms with E-state index < -0.39 is 15.1 Å². The minimum atomic E-state index is -4.93. The summed E-state index contributed by atoms with van der Waals surface area (Å²) in [6.07, 6.45) is 6.60. The molecule has 1 saturated carbocycles. The van der Waals surface area contributed by atoms with Crippen LogP contribution in [0.1, 0.15) is 62.6 Å². The first-order valence-corrected chi connectivity index (χ1v) is 14.0. The maximum atomic E-state index is 14.1. The molecule has 3 aromatic heterocycles. The Bertz CT molecular complexity index is 1980. The Balaban J connectivity index is 1.76. The SMILES string of the molecule is CC(C)c1cc2c(=O)c3c4ccc(C#N)cc4[nH]c3n(C3CCCC3)c2cc1-c1cncc(S(=O)(=O)F)c1. The monoisotopic (exact) mass is 528 g/mol. The molecular formula is C29H25FN4O3S. The first-order chi connectivity index (χ1) is 18.2. The standard InChI is InChI=1S/C29H25FN4O3S/c1-16(2)22-11-24-26(12-23(22)18-10-20(15-32-14-18)38(30,36)37)34(19-5-3-4-6-19)29-27(28(24)35)21-8-7-17(13-31)9-25(21)33-29/h7-12,14-16,19,33H,3-6H2,1-2H3. The van der Waals surface area contributed by atoms with Crippen molar-refractivity contribution in [3.63, 3.8) is 0 Å². The van der Waals surface area contributed by atoms with Gasteiger partial charge >= 0.3 is 10.2 Å². The number of aromatic nitrogens is 3. The largest absolute Gasteiger partial charge is 0.340 e. The third-order valence-corrected chi connectivity index (χ3v) is 8.45. The first kappa shape index (κ1) is 24.3. The van der Waals surface area contributed by atoms with Crippen LogP contribution in [0.2, 0.25) is 0 Å². The van der Waals surface area contributed by atoms with Crippen LogP contribution in [-0.2, 0) is 10.2 Å². The van der Waals surface area contributed by atoms with Gasteiger partial charge in [-0.2, -0.15) is 13.7 Å². The third kappa shape index (κ3) is 3.79. The molecule has 7 nitrogen and oxygen atoms in total. The fourth-order valence-corrected chi connectivity index (χ4v) is 6.33. The number of aromatic amines is 1. The molecule has 0 amide bonds. The summed E-state index contributed by atoms with van der Waals surface area (Å²) >= 11 is 0. The van der Waals surface area contributed by atoms with Crippen molar-refractivity contribution in [2.24, 2.45) is 0 Å². The van der Waals surface area contributed by atoms with Crippen molar-refractivity contribution in [3.05, 3.63) is 70.1 Å². The lowest BCUT2D eigenvalue weighted by atomic mass is 9.91. The summed E-state index contributed by atoms with van der Waals surface area (Å²) in [5.41, 5.74) is 4.59. The Labute approximate surface area is 218 Å². The highest BCUT2D eigenvalue weighted by molar-refractivity contribution is 7.86. The molecule has 0 unspecified atom stereocenters. The zero-order valence-corrected chi connectivity index (χ0v) is 21.8. The van der Waals surface area contributed by atoms with Gasteiger partial charge in [-0.05, 0) is 60.2 Å². The van der Waals surface area contributed by atoms with Gasteiger partial charge in [-0.15, -0.1) is 3.89 Å². The number of H-pyrrole nitrogens is 1. The van der Waals surface area contributed by atoms with E-state index in [-0.39, 0.29) is 17.4 Å². The molecule has 6 rings (SSSR count). The first-order valence-electron chi connectivity index (χ1n) is 12.6. The number of hydrogen-bond acceptors (Lipinski definition) is 5. The Morgan fingerprint density at radius 3 is 2.55 bits per heavy atom. The molecule has 192 valence electrons. The van der Waals surface area contributed by atoms with Gasteiger partial charge < -0.3 is 9.55 Å². The lowest BCUT2D eigenvalue weighted by molar-refractivity contribution is 0.545. The zero-order valence-electron chi connectivity index (χ0n) is 21.0. The summed E-state index contributed by atoms with van der Waals surface area (Å²) in [4.78, 5) is 21.0. The summed E-state index contributed by atoms with van der Waals surface area (Å²) < 4.78 is 39.3. The molecular weight excluding hydrogens is 503 g/mol. The minimum absolute atomic E-state index is 0.00350. The number of nitrogens with zero attached hydrogens (tertiary/aromatic N) is 3. The van der Waals surface area contributed by atoms with E-state index in [0.717, 1.165) is 53.9 Å². The highest BCUT2D eigenvalue weighted by Crippen LogP contribution is 2.39. The highest BCUT2D eigenvalue weighted by Gasteiger charge is 2.26. The number of pyridine rings is 2. The van der Waals surface area contributed by atoms with Crippen molar-refractivity contribution in [2.45, 2.75) is 56.4 Å². The van der Waals surface area contributed by atoms with Crippen LogP contribution in [0.5, 0.6) is 0 Å². The minimum Gasteiger partial charge on any atom is -0.340 e. The van der Waals surface area contributed by atoms with Gasteiger partial charge in [0.2, 0.25) is 0 Å². The summed E-state index contributed by atoms with van der Waals surface area (Å²) in [6, 6.07) is 12.7. The molecule has 0 atom stereocenters. The van der Waals surface area contributed by atoms with Crippen molar-refractivity contribution in [1.82, 2.24) is 14.5 Å². The van der Waals surface area contributed by atoms with Gasteiger partial charge in [-0.25, -0.2) is 0 Å². The lowest BCUT2D eigenvalue weighted by Crippen LogP contribution is -2.15. The third-order valence-electron chi connectivity index (χ3n) is 7.67. The molecule has 0 bridgehead atoms. The fourth-order valence-electron chi connectivity index (χ4n) is 5.87. The van der Waals surface area contributed by atoms with E-state index in [2.05, 4.69) is 20.6 Å². The maximum Gasteiger partial charge on any atom is 0.333 e. The van der Waals surface area contributed by atoms with Crippen molar-refractivity contribution in [2.75, 3.05) is 0 Å². The molecule has 0 spiro atoms. The second-order valence-electron chi connectivity index (χ2n) is 10.3. The molecule has 3 heterocycles. The predicted octanol–water partition coefficient (Wildman–Crippen LogP) is 6.47. The molecule has 1 N–H and O–H groups in total. The van der Waals surface area contributed by atoms with Crippen LogP contribution in [-0.4, -0.2) is 23.0 Å². The second-order valence-corrected chi connectivity index (χ2v) is 11.7. The van der Waals surface area contributed by atoms with E-state index in [0.29, 0.717) is 33.1 Å². The van der Waals surface area contributed by atoms with Gasteiger partial charge in [0.05, 0.1) is 22.5 Å². The van der Waals surface area contributed by atoms with Crippen LogP contribution in [0.4, 0.5) is 3.89 Å². The quantitative estimate of drug-likeness (QED) is 0.269. The molecule has 2 aromatic carbocycles. The van der Waals surface area contributed by atoms with Gasteiger partial charge in [0, 0.05) is 40.3 Å². The van der Waals surface area contributed by atoms with Crippen molar-refractivity contribution >= 4 is 43.1 Å². The molecule has 38 heavy (non-hydrogen) atoms. The molecule has 5 aromatic rings. The average Bonchev–Trinajstić information content (AvgIpc) is 3.55. The number of hydrogen-bond donors (Lipinski definition) is 1. The number of halogens is 1. The maximum absolute atomic E-state index is 14.1. The normalized spacial score (nSPS) is 14.7. The van der Waals surface area contributed by atoms with Crippen molar-refractivity contribution < 1.29 is 12.3 Å². The van der Waals surface area contributed by atoms with E-state index in [9.17, 15) is 22.4 Å². The Kier molecular flexibility index (Phi) is 5.61. The number of nitriles is 1. The van der Waals surface area contributed by atoms with Crippen LogP contribution in [0, 0.1) is 11.3 Å². The van der Waals surface area contributed by atoms with E-state index in [1.807, 2.05) is 32.0 Å². The topological polar surface area (TPSA) is 109 Å². The highest BCUT2D eigenvalue weighted by atomic mass is 32.3. The van der Waals surface area contributed by atoms with Gasteiger partial charge in [0.1, 0.15) is 10.5 Å². The molecule has 0 aliphatic heterocycles. The van der Waals surface area contributed by atoms with Crippen LogP contribution >= 0.6 is 0 Å². The predicted molar refractivity (Wildman–Crippen MR) is 145 cm³/mol. The van der Waals surface area contributed by atoms with Crippen LogP contribution in [0.15, 0.2) is 58.5 Å². The number of fused-ring (bicyclic) bond motifs is 4. The molecule has 1 fully saturated rings.